The van der Waals surface area contributed by atoms with E-state index >= 15 is 0 Å². The van der Waals surface area contributed by atoms with Crippen molar-refractivity contribution >= 4 is 34.1 Å². The molecular weight excluding hydrogens is 250 g/mol. The number of nitrogens with zero attached hydrogens (tertiary/aromatic N) is 2. The van der Waals surface area contributed by atoms with Gasteiger partial charge in [0, 0.05) is 23.2 Å². The van der Waals surface area contributed by atoms with Crippen LogP contribution in [0.4, 0.5) is 5.82 Å². The average Bonchev–Trinajstić information content (AvgIpc) is 3.11. The summed E-state index contributed by atoms with van der Waals surface area (Å²) in [6, 6.07) is 3.61. The predicted molar refractivity (Wildman–Crippen MR) is 70.6 cm³/mol. The van der Waals surface area contributed by atoms with Crippen LogP contribution in [0.1, 0.15) is 18.5 Å². The summed E-state index contributed by atoms with van der Waals surface area (Å²) >= 11 is 5.92. The van der Waals surface area contributed by atoms with Crippen molar-refractivity contribution in [3.05, 3.63) is 29.2 Å². The van der Waals surface area contributed by atoms with Crippen LogP contribution in [0.15, 0.2) is 18.3 Å². The van der Waals surface area contributed by atoms with Crippen LogP contribution >= 0.6 is 11.6 Å². The van der Waals surface area contributed by atoms with Gasteiger partial charge in [0.25, 0.3) is 0 Å². The Morgan fingerprint density at radius 2 is 2.22 bits per heavy atom. The van der Waals surface area contributed by atoms with Crippen molar-refractivity contribution < 1.29 is 4.79 Å². The van der Waals surface area contributed by atoms with Crippen LogP contribution in [0, 0.1) is 12.8 Å². The van der Waals surface area contributed by atoms with E-state index in [4.69, 9.17) is 11.6 Å². The van der Waals surface area contributed by atoms with E-state index < -0.39 is 0 Å². The summed E-state index contributed by atoms with van der Waals surface area (Å²) < 4.78 is 0. The maximum Gasteiger partial charge on any atom is 0.228 e. The largest absolute Gasteiger partial charge is 0.310 e. The van der Waals surface area contributed by atoms with Crippen molar-refractivity contribution in [2.45, 2.75) is 19.8 Å². The summed E-state index contributed by atoms with van der Waals surface area (Å²) in [6.07, 6.45) is 3.68. The zero-order valence-corrected chi connectivity index (χ0v) is 10.7. The molecule has 1 aliphatic rings. The molecule has 0 unspecified atom stereocenters. The highest BCUT2D eigenvalue weighted by Gasteiger charge is 2.29. The van der Waals surface area contributed by atoms with Gasteiger partial charge in [-0.05, 0) is 37.3 Å². The van der Waals surface area contributed by atoms with Crippen LogP contribution in [-0.2, 0) is 4.79 Å². The van der Waals surface area contributed by atoms with Gasteiger partial charge in [-0.2, -0.15) is 0 Å². The molecule has 1 amide bonds. The van der Waals surface area contributed by atoms with Crippen molar-refractivity contribution in [2.24, 2.45) is 5.92 Å². The van der Waals surface area contributed by atoms with Gasteiger partial charge in [0.15, 0.2) is 0 Å². The molecule has 0 saturated heterocycles. The highest BCUT2D eigenvalue weighted by atomic mass is 35.5. The Labute approximate surface area is 109 Å². The van der Waals surface area contributed by atoms with Crippen LogP contribution in [0.5, 0.6) is 0 Å². The maximum atomic E-state index is 11.7. The Morgan fingerprint density at radius 1 is 1.44 bits per heavy atom. The van der Waals surface area contributed by atoms with E-state index in [-0.39, 0.29) is 11.8 Å². The molecule has 0 aliphatic heterocycles. The molecule has 0 spiro atoms. The third-order valence-electron chi connectivity index (χ3n) is 3.07. The predicted octanol–water partition coefficient (Wildman–Crippen LogP) is 2.94. The van der Waals surface area contributed by atoms with Gasteiger partial charge in [-0.15, -0.1) is 0 Å². The minimum atomic E-state index is 0.0544. The van der Waals surface area contributed by atoms with Gasteiger partial charge in [0.05, 0.1) is 0 Å². The number of carbonyl (C=O) groups is 1. The molecule has 0 bridgehead atoms. The molecule has 1 N–H and O–H groups in total. The lowest BCUT2D eigenvalue weighted by Crippen LogP contribution is -2.14. The van der Waals surface area contributed by atoms with Crippen molar-refractivity contribution in [1.82, 2.24) is 9.97 Å². The number of amides is 1. The van der Waals surface area contributed by atoms with Crippen LogP contribution in [-0.4, -0.2) is 15.9 Å². The minimum Gasteiger partial charge on any atom is -0.310 e. The van der Waals surface area contributed by atoms with Gasteiger partial charge < -0.3 is 5.32 Å². The Balaban J connectivity index is 1.97. The topological polar surface area (TPSA) is 54.9 Å². The fraction of sp³-hybridized carbons (Fsp3) is 0.308. The number of rotatable bonds is 2. The van der Waals surface area contributed by atoms with Gasteiger partial charge in [-0.25, -0.2) is 9.97 Å². The SMILES string of the molecule is Cc1nc(Cl)cc2cc(NC(=O)C3CC3)ncc12. The first kappa shape index (κ1) is 11.4. The monoisotopic (exact) mass is 261 g/mol. The molecule has 1 saturated carbocycles. The Hall–Kier alpha value is -1.68. The molecule has 18 heavy (non-hydrogen) atoms. The van der Waals surface area contributed by atoms with Crippen LogP contribution in [0.25, 0.3) is 10.8 Å². The van der Waals surface area contributed by atoms with Gasteiger partial charge in [-0.3, -0.25) is 4.79 Å². The molecule has 0 atom stereocenters. The number of fused-ring (bicyclic) bond motifs is 1. The fourth-order valence-corrected chi connectivity index (χ4v) is 2.16. The molecular formula is C13H12ClN3O. The molecule has 3 rings (SSSR count). The smallest absolute Gasteiger partial charge is 0.228 e. The molecule has 2 heterocycles. The molecule has 4 nitrogen and oxygen atoms in total. The lowest BCUT2D eigenvalue weighted by atomic mass is 10.2. The Bertz CT molecular complexity index is 637. The van der Waals surface area contributed by atoms with Crippen LogP contribution in [0.2, 0.25) is 5.15 Å². The number of carbonyl (C=O) groups excluding carboxylic acids is 1. The van der Waals surface area contributed by atoms with Crippen LogP contribution < -0.4 is 5.32 Å². The highest BCUT2D eigenvalue weighted by Crippen LogP contribution is 2.30. The number of halogens is 1. The molecule has 1 aliphatic carbocycles. The summed E-state index contributed by atoms with van der Waals surface area (Å²) in [5.74, 6) is 0.796. The zero-order chi connectivity index (χ0) is 12.7. The van der Waals surface area contributed by atoms with Gasteiger partial charge >= 0.3 is 0 Å². The number of hydrogen-bond donors (Lipinski definition) is 1. The third kappa shape index (κ3) is 2.16. The fourth-order valence-electron chi connectivity index (χ4n) is 1.92. The minimum absolute atomic E-state index is 0.0544. The molecule has 5 heteroatoms. The molecule has 92 valence electrons. The summed E-state index contributed by atoms with van der Waals surface area (Å²) in [4.78, 5) is 20.1. The Kier molecular flexibility index (Phi) is 2.67. The quantitative estimate of drug-likeness (QED) is 0.846. The second kappa shape index (κ2) is 4.21. The molecule has 2 aromatic heterocycles. The number of hydrogen-bond acceptors (Lipinski definition) is 3. The van der Waals surface area contributed by atoms with E-state index in [1.165, 1.54) is 0 Å². The molecule has 1 fully saturated rings. The molecule has 2 aromatic rings. The van der Waals surface area contributed by atoms with E-state index in [9.17, 15) is 4.79 Å². The van der Waals surface area contributed by atoms with E-state index in [0.29, 0.717) is 11.0 Å². The summed E-state index contributed by atoms with van der Waals surface area (Å²) in [5.41, 5.74) is 0.838. The Morgan fingerprint density at radius 3 is 2.94 bits per heavy atom. The average molecular weight is 262 g/mol. The normalized spacial score (nSPS) is 14.8. The van der Waals surface area contributed by atoms with Crippen LogP contribution in [0.3, 0.4) is 0 Å². The van der Waals surface area contributed by atoms with Gasteiger partial charge in [0.2, 0.25) is 5.91 Å². The van der Waals surface area contributed by atoms with E-state index in [0.717, 1.165) is 29.3 Å². The number of anilines is 1. The lowest BCUT2D eigenvalue weighted by molar-refractivity contribution is -0.117. The second-order valence-corrected chi connectivity index (χ2v) is 4.97. The first-order chi connectivity index (χ1) is 8.63. The van der Waals surface area contributed by atoms with Gasteiger partial charge in [-0.1, -0.05) is 11.6 Å². The van der Waals surface area contributed by atoms with Gasteiger partial charge in [0.1, 0.15) is 11.0 Å². The zero-order valence-electron chi connectivity index (χ0n) is 9.90. The summed E-state index contributed by atoms with van der Waals surface area (Å²) in [6.45, 7) is 1.89. The van der Waals surface area contributed by atoms with E-state index in [1.54, 1.807) is 12.3 Å². The first-order valence-electron chi connectivity index (χ1n) is 5.87. The van der Waals surface area contributed by atoms with E-state index in [2.05, 4.69) is 15.3 Å². The van der Waals surface area contributed by atoms with Crippen molar-refractivity contribution in [3.63, 3.8) is 0 Å². The number of aromatic nitrogens is 2. The molecule has 0 aromatic carbocycles. The molecule has 0 radical (unpaired) electrons. The van der Waals surface area contributed by atoms with Crippen molar-refractivity contribution in [2.75, 3.05) is 5.32 Å². The summed E-state index contributed by atoms with van der Waals surface area (Å²) in [5, 5.41) is 5.16. The lowest BCUT2D eigenvalue weighted by Gasteiger charge is -2.06. The van der Waals surface area contributed by atoms with Crippen molar-refractivity contribution in [1.29, 1.82) is 0 Å². The third-order valence-corrected chi connectivity index (χ3v) is 3.27. The number of aryl methyl sites for hydroxylation is 1. The highest BCUT2D eigenvalue weighted by molar-refractivity contribution is 6.30. The summed E-state index contributed by atoms with van der Waals surface area (Å²) in [7, 11) is 0. The second-order valence-electron chi connectivity index (χ2n) is 4.58. The number of nitrogens with one attached hydrogen (secondary N) is 1. The standard InChI is InChI=1S/C13H12ClN3O/c1-7-10-6-15-12(17-13(18)8-2-3-8)5-9(10)4-11(14)16-7/h4-6,8H,2-3H2,1H3,(H,15,17,18). The van der Waals surface area contributed by atoms with E-state index in [1.807, 2.05) is 13.0 Å². The first-order valence-corrected chi connectivity index (χ1v) is 6.25. The van der Waals surface area contributed by atoms with Crippen molar-refractivity contribution in [3.8, 4) is 0 Å². The number of pyridine rings is 2. The maximum absolute atomic E-state index is 11.7.